The van der Waals surface area contributed by atoms with Crippen LogP contribution in [-0.2, 0) is 13.1 Å². The van der Waals surface area contributed by atoms with Crippen LogP contribution in [0.5, 0.6) is 0 Å². The Balaban J connectivity index is 1.84. The average molecular weight is 263 g/mol. The van der Waals surface area contributed by atoms with Crippen LogP contribution < -0.4 is 5.32 Å². The fraction of sp³-hybridized carbons (Fsp3) is 0.250. The molecule has 0 spiro atoms. The van der Waals surface area contributed by atoms with Crippen molar-refractivity contribution in [3.8, 4) is 0 Å². The normalized spacial score (nSPS) is 10.5. The van der Waals surface area contributed by atoms with E-state index in [4.69, 9.17) is 5.11 Å². The highest BCUT2D eigenvalue weighted by molar-refractivity contribution is 7.10. The third-order valence-electron chi connectivity index (χ3n) is 2.34. The molecule has 0 fully saturated rings. The molecule has 0 saturated carbocycles. The first kappa shape index (κ1) is 12.7. The van der Waals surface area contributed by atoms with Crippen molar-refractivity contribution in [2.24, 2.45) is 0 Å². The number of rotatable bonds is 5. The van der Waals surface area contributed by atoms with Crippen molar-refractivity contribution < 1.29 is 9.90 Å². The highest BCUT2D eigenvalue weighted by atomic mass is 32.1. The molecule has 2 aromatic heterocycles. The van der Waals surface area contributed by atoms with E-state index in [1.165, 1.54) is 11.3 Å². The first-order valence-electron chi connectivity index (χ1n) is 5.44. The molecular weight excluding hydrogens is 250 g/mol. The van der Waals surface area contributed by atoms with Gasteiger partial charge in [-0.1, -0.05) is 0 Å². The van der Waals surface area contributed by atoms with Crippen molar-refractivity contribution in [2.45, 2.75) is 20.0 Å². The second kappa shape index (κ2) is 5.70. The lowest BCUT2D eigenvalue weighted by molar-refractivity contribution is 0.0697. The third kappa shape index (κ3) is 3.35. The summed E-state index contributed by atoms with van der Waals surface area (Å²) in [4.78, 5) is 20.1. The SMILES string of the molecule is Cc1cnc(CNCc2cc(C(=O)O)cs2)cn1. The third-order valence-corrected chi connectivity index (χ3v) is 3.28. The summed E-state index contributed by atoms with van der Waals surface area (Å²) in [6, 6.07) is 1.68. The number of aromatic carboxylic acids is 1. The van der Waals surface area contributed by atoms with Crippen molar-refractivity contribution in [1.82, 2.24) is 15.3 Å². The number of aryl methyl sites for hydroxylation is 1. The van der Waals surface area contributed by atoms with Gasteiger partial charge in [0, 0.05) is 35.7 Å². The Labute approximate surface area is 109 Å². The van der Waals surface area contributed by atoms with E-state index in [9.17, 15) is 4.79 Å². The Morgan fingerprint density at radius 1 is 1.39 bits per heavy atom. The van der Waals surface area contributed by atoms with Gasteiger partial charge >= 0.3 is 5.97 Å². The zero-order chi connectivity index (χ0) is 13.0. The van der Waals surface area contributed by atoms with Crippen LogP contribution in [-0.4, -0.2) is 21.0 Å². The van der Waals surface area contributed by atoms with E-state index in [0.29, 0.717) is 18.7 Å². The molecule has 0 aliphatic rings. The monoisotopic (exact) mass is 263 g/mol. The summed E-state index contributed by atoms with van der Waals surface area (Å²) in [5.74, 6) is -0.887. The van der Waals surface area contributed by atoms with Gasteiger partial charge in [-0.25, -0.2) is 4.79 Å². The molecule has 0 aliphatic heterocycles. The minimum absolute atomic E-state index is 0.340. The molecule has 0 aromatic carbocycles. The van der Waals surface area contributed by atoms with Crippen molar-refractivity contribution >= 4 is 17.3 Å². The predicted molar refractivity (Wildman–Crippen MR) is 68.6 cm³/mol. The summed E-state index contributed by atoms with van der Waals surface area (Å²) in [5.41, 5.74) is 2.10. The van der Waals surface area contributed by atoms with E-state index in [0.717, 1.165) is 16.3 Å². The number of carboxylic acid groups (broad SMARTS) is 1. The largest absolute Gasteiger partial charge is 0.478 e. The second-order valence-corrected chi connectivity index (χ2v) is 4.86. The molecule has 2 heterocycles. The summed E-state index contributed by atoms with van der Waals surface area (Å²) in [5, 5.41) is 13.6. The molecule has 6 heteroatoms. The number of hydrogen-bond donors (Lipinski definition) is 2. The van der Waals surface area contributed by atoms with E-state index in [1.54, 1.807) is 23.8 Å². The number of nitrogens with zero attached hydrogens (tertiary/aromatic N) is 2. The van der Waals surface area contributed by atoms with Crippen molar-refractivity contribution in [1.29, 1.82) is 0 Å². The van der Waals surface area contributed by atoms with E-state index >= 15 is 0 Å². The van der Waals surface area contributed by atoms with Crippen LogP contribution in [0.15, 0.2) is 23.8 Å². The van der Waals surface area contributed by atoms with Crippen LogP contribution in [0.3, 0.4) is 0 Å². The predicted octanol–water partition coefficient (Wildman–Crippen LogP) is 1.83. The molecule has 0 amide bonds. The van der Waals surface area contributed by atoms with E-state index in [-0.39, 0.29) is 0 Å². The molecule has 18 heavy (non-hydrogen) atoms. The lowest BCUT2D eigenvalue weighted by Gasteiger charge is -2.02. The highest BCUT2D eigenvalue weighted by Crippen LogP contribution is 2.14. The summed E-state index contributed by atoms with van der Waals surface area (Å²) in [7, 11) is 0. The average Bonchev–Trinajstić information content (AvgIpc) is 2.81. The smallest absolute Gasteiger partial charge is 0.336 e. The van der Waals surface area contributed by atoms with Gasteiger partial charge in [0.1, 0.15) is 0 Å². The van der Waals surface area contributed by atoms with E-state index in [2.05, 4.69) is 15.3 Å². The molecule has 2 N–H and O–H groups in total. The molecule has 0 saturated heterocycles. The van der Waals surface area contributed by atoms with Gasteiger partial charge in [0.15, 0.2) is 0 Å². The maximum absolute atomic E-state index is 10.7. The van der Waals surface area contributed by atoms with Gasteiger partial charge in [-0.2, -0.15) is 0 Å². The number of nitrogens with one attached hydrogen (secondary N) is 1. The molecule has 2 aromatic rings. The van der Waals surface area contributed by atoms with E-state index < -0.39 is 5.97 Å². The van der Waals surface area contributed by atoms with Gasteiger partial charge in [-0.15, -0.1) is 11.3 Å². The Kier molecular flexibility index (Phi) is 4.01. The minimum atomic E-state index is -0.887. The number of hydrogen-bond acceptors (Lipinski definition) is 5. The summed E-state index contributed by atoms with van der Waals surface area (Å²) in [6.45, 7) is 3.14. The van der Waals surface area contributed by atoms with Gasteiger partial charge < -0.3 is 10.4 Å². The van der Waals surface area contributed by atoms with Crippen LogP contribution in [0.1, 0.15) is 26.6 Å². The first-order chi connectivity index (χ1) is 8.65. The van der Waals surface area contributed by atoms with Crippen LogP contribution in [0.4, 0.5) is 0 Å². The Morgan fingerprint density at radius 3 is 2.83 bits per heavy atom. The lowest BCUT2D eigenvalue weighted by atomic mass is 10.3. The fourth-order valence-electron chi connectivity index (χ4n) is 1.41. The molecule has 0 radical (unpaired) electrons. The van der Waals surface area contributed by atoms with Crippen molar-refractivity contribution in [3.63, 3.8) is 0 Å². The second-order valence-electron chi connectivity index (χ2n) is 3.86. The number of thiophene rings is 1. The summed E-state index contributed by atoms with van der Waals surface area (Å²) < 4.78 is 0. The molecule has 0 atom stereocenters. The quantitative estimate of drug-likeness (QED) is 0.860. The maximum atomic E-state index is 10.7. The fourth-order valence-corrected chi connectivity index (χ4v) is 2.24. The molecule has 94 valence electrons. The molecule has 2 rings (SSSR count). The summed E-state index contributed by atoms with van der Waals surface area (Å²) in [6.07, 6.45) is 3.46. The maximum Gasteiger partial charge on any atom is 0.336 e. The summed E-state index contributed by atoms with van der Waals surface area (Å²) >= 11 is 1.44. The Morgan fingerprint density at radius 2 is 2.22 bits per heavy atom. The van der Waals surface area contributed by atoms with Gasteiger partial charge in [0.25, 0.3) is 0 Å². The standard InChI is InChI=1S/C12H13N3O2S/c1-8-3-15-10(5-14-8)4-13-6-11-2-9(7-18-11)12(16)17/h2-3,5,7,13H,4,6H2,1H3,(H,16,17). The van der Waals surface area contributed by atoms with Gasteiger partial charge in [0.2, 0.25) is 0 Å². The van der Waals surface area contributed by atoms with Crippen LogP contribution >= 0.6 is 11.3 Å². The molecular formula is C12H13N3O2S. The minimum Gasteiger partial charge on any atom is -0.478 e. The van der Waals surface area contributed by atoms with Crippen molar-refractivity contribution in [2.75, 3.05) is 0 Å². The number of carbonyl (C=O) groups is 1. The Bertz CT molecular complexity index is 537. The van der Waals surface area contributed by atoms with E-state index in [1.807, 2.05) is 6.92 Å². The molecule has 0 bridgehead atoms. The zero-order valence-corrected chi connectivity index (χ0v) is 10.7. The van der Waals surface area contributed by atoms with Gasteiger partial charge in [-0.3, -0.25) is 9.97 Å². The first-order valence-corrected chi connectivity index (χ1v) is 6.32. The molecule has 5 nitrogen and oxygen atoms in total. The van der Waals surface area contributed by atoms with Crippen molar-refractivity contribution in [3.05, 3.63) is 45.7 Å². The van der Waals surface area contributed by atoms with Gasteiger partial charge in [-0.05, 0) is 13.0 Å². The topological polar surface area (TPSA) is 75.1 Å². The lowest BCUT2D eigenvalue weighted by Crippen LogP contribution is -2.13. The molecule has 0 aliphatic carbocycles. The van der Waals surface area contributed by atoms with Crippen LogP contribution in [0, 0.1) is 6.92 Å². The number of aromatic nitrogens is 2. The zero-order valence-electron chi connectivity index (χ0n) is 9.88. The Hall–Kier alpha value is -1.79. The number of carboxylic acids is 1. The van der Waals surface area contributed by atoms with Crippen LogP contribution in [0.2, 0.25) is 0 Å². The van der Waals surface area contributed by atoms with Gasteiger partial charge in [0.05, 0.1) is 17.0 Å². The molecule has 0 unspecified atom stereocenters. The highest BCUT2D eigenvalue weighted by Gasteiger charge is 2.06. The van der Waals surface area contributed by atoms with Crippen LogP contribution in [0.25, 0.3) is 0 Å².